The number of benzene rings is 2. The smallest absolute Gasteiger partial charge is 0.269 e. The number of nitrogens with one attached hydrogen (secondary N) is 3. The molecule has 148 valence electrons. The van der Waals surface area contributed by atoms with Gasteiger partial charge in [-0.25, -0.2) is 0 Å². The van der Waals surface area contributed by atoms with E-state index >= 15 is 0 Å². The summed E-state index contributed by atoms with van der Waals surface area (Å²) in [6, 6.07) is 12.1. The highest BCUT2D eigenvalue weighted by Gasteiger charge is 2.11. The van der Waals surface area contributed by atoms with Gasteiger partial charge in [-0.05, 0) is 68.4 Å². The van der Waals surface area contributed by atoms with Crippen molar-refractivity contribution in [2.45, 2.75) is 33.3 Å². The van der Waals surface area contributed by atoms with Crippen LogP contribution in [-0.4, -0.2) is 23.0 Å². The van der Waals surface area contributed by atoms with E-state index in [1.807, 2.05) is 26.8 Å². The van der Waals surface area contributed by atoms with Crippen molar-refractivity contribution in [3.63, 3.8) is 0 Å². The van der Waals surface area contributed by atoms with Gasteiger partial charge in [0.15, 0.2) is 5.11 Å². The van der Waals surface area contributed by atoms with Gasteiger partial charge in [0.2, 0.25) is 0 Å². The van der Waals surface area contributed by atoms with Crippen molar-refractivity contribution >= 4 is 45.1 Å². The normalized spacial score (nSPS) is 11.3. The second-order valence-electron chi connectivity index (χ2n) is 6.19. The lowest BCUT2D eigenvalue weighted by atomic mass is 10.1. The second kappa shape index (κ2) is 10.2. The lowest BCUT2D eigenvalue weighted by Crippen LogP contribution is -2.48. The van der Waals surface area contributed by atoms with Gasteiger partial charge in [-0.1, -0.05) is 35.0 Å². The second-order valence-corrected chi connectivity index (χ2v) is 7.45. The monoisotopic (exact) mass is 463 g/mol. The lowest BCUT2D eigenvalue weighted by Gasteiger charge is -2.14. The number of thiocarbonyl (C=S) groups is 1. The fourth-order valence-corrected chi connectivity index (χ4v) is 2.68. The quantitative estimate of drug-likeness (QED) is 0.463. The van der Waals surface area contributed by atoms with Crippen molar-refractivity contribution in [3.05, 3.63) is 63.6 Å². The summed E-state index contributed by atoms with van der Waals surface area (Å²) in [6.07, 6.45) is 0.917. The molecule has 0 bridgehead atoms. The fraction of sp³-hybridized carbons (Fsp3) is 0.250. The molecule has 2 rings (SSSR count). The zero-order valence-corrected chi connectivity index (χ0v) is 18.2. The molecule has 0 aromatic heterocycles. The van der Waals surface area contributed by atoms with Crippen LogP contribution in [0.25, 0.3) is 0 Å². The maximum Gasteiger partial charge on any atom is 0.269 e. The molecule has 0 fully saturated rings. The first-order valence-corrected chi connectivity index (χ1v) is 9.94. The molecule has 1 atom stereocenters. The SMILES string of the molecule is CCC(C)Oc1cccc(C(=O)NC(=S)NNC(=O)c2ccc(C)c(Br)c2)c1. The number of ether oxygens (including phenoxy) is 1. The molecule has 0 aliphatic heterocycles. The average molecular weight is 464 g/mol. The van der Waals surface area contributed by atoms with E-state index in [0.29, 0.717) is 16.9 Å². The van der Waals surface area contributed by atoms with Crippen LogP contribution >= 0.6 is 28.1 Å². The topological polar surface area (TPSA) is 79.5 Å². The molecule has 6 nitrogen and oxygen atoms in total. The minimum atomic E-state index is -0.403. The molecule has 28 heavy (non-hydrogen) atoms. The van der Waals surface area contributed by atoms with Crippen molar-refractivity contribution in [1.29, 1.82) is 0 Å². The van der Waals surface area contributed by atoms with E-state index in [4.69, 9.17) is 17.0 Å². The minimum Gasteiger partial charge on any atom is -0.491 e. The third kappa shape index (κ3) is 6.31. The molecule has 0 aliphatic rings. The molecule has 2 aromatic rings. The van der Waals surface area contributed by atoms with Gasteiger partial charge in [0.25, 0.3) is 11.8 Å². The van der Waals surface area contributed by atoms with Crippen LogP contribution in [0.4, 0.5) is 0 Å². The first-order chi connectivity index (χ1) is 13.3. The lowest BCUT2D eigenvalue weighted by molar-refractivity contribution is 0.0934. The summed E-state index contributed by atoms with van der Waals surface area (Å²) >= 11 is 8.45. The number of carbonyl (C=O) groups is 2. The van der Waals surface area contributed by atoms with E-state index < -0.39 is 5.91 Å². The molecule has 0 spiro atoms. The Morgan fingerprint density at radius 2 is 1.82 bits per heavy atom. The predicted octanol–water partition coefficient (Wildman–Crippen LogP) is 3.88. The van der Waals surface area contributed by atoms with Gasteiger partial charge >= 0.3 is 0 Å². The molecule has 1 unspecified atom stereocenters. The highest BCUT2D eigenvalue weighted by molar-refractivity contribution is 9.10. The molecule has 0 aliphatic carbocycles. The minimum absolute atomic E-state index is 0.0159. The maximum absolute atomic E-state index is 12.3. The summed E-state index contributed by atoms with van der Waals surface area (Å²) in [7, 11) is 0. The summed E-state index contributed by atoms with van der Waals surface area (Å²) in [5, 5.41) is 2.50. The molecule has 8 heteroatoms. The number of amides is 2. The summed E-state index contributed by atoms with van der Waals surface area (Å²) in [6.45, 7) is 5.91. The number of rotatable bonds is 5. The number of hydrogen-bond donors (Lipinski definition) is 3. The third-order valence-corrected chi connectivity index (χ3v) is 5.02. The molecular weight excluding hydrogens is 442 g/mol. The highest BCUT2D eigenvalue weighted by Crippen LogP contribution is 2.17. The van der Waals surface area contributed by atoms with Crippen molar-refractivity contribution in [2.75, 3.05) is 0 Å². The van der Waals surface area contributed by atoms with E-state index in [9.17, 15) is 9.59 Å². The Morgan fingerprint density at radius 1 is 1.11 bits per heavy atom. The Bertz CT molecular complexity index is 889. The van der Waals surface area contributed by atoms with Crippen LogP contribution in [0.5, 0.6) is 5.75 Å². The Hall–Kier alpha value is -2.45. The molecule has 2 amide bonds. The fourth-order valence-electron chi connectivity index (χ4n) is 2.15. The van der Waals surface area contributed by atoms with Crippen LogP contribution in [0.15, 0.2) is 46.9 Å². The van der Waals surface area contributed by atoms with Crippen LogP contribution in [-0.2, 0) is 0 Å². The predicted molar refractivity (Wildman–Crippen MR) is 116 cm³/mol. The van der Waals surface area contributed by atoms with Crippen LogP contribution in [0, 0.1) is 6.92 Å². The summed E-state index contributed by atoms with van der Waals surface area (Å²) in [5.41, 5.74) is 6.86. The molecule has 2 aromatic carbocycles. The summed E-state index contributed by atoms with van der Waals surface area (Å²) in [5.74, 6) is -0.167. The third-order valence-electron chi connectivity index (χ3n) is 3.96. The Balaban J connectivity index is 1.90. The van der Waals surface area contributed by atoms with Gasteiger partial charge in [-0.3, -0.25) is 25.8 Å². The average Bonchev–Trinajstić information content (AvgIpc) is 2.68. The first-order valence-electron chi connectivity index (χ1n) is 8.74. The van der Waals surface area contributed by atoms with Crippen LogP contribution in [0.1, 0.15) is 46.5 Å². The van der Waals surface area contributed by atoms with Gasteiger partial charge in [0.05, 0.1) is 6.10 Å². The molecule has 0 saturated carbocycles. The Labute approximate surface area is 178 Å². The Morgan fingerprint density at radius 3 is 2.50 bits per heavy atom. The van der Waals surface area contributed by atoms with Crippen molar-refractivity contribution in [2.24, 2.45) is 0 Å². The van der Waals surface area contributed by atoms with Gasteiger partial charge in [0, 0.05) is 15.6 Å². The highest BCUT2D eigenvalue weighted by atomic mass is 79.9. The number of carbonyl (C=O) groups excluding carboxylic acids is 2. The van der Waals surface area contributed by atoms with Crippen molar-refractivity contribution in [1.82, 2.24) is 16.2 Å². The van der Waals surface area contributed by atoms with E-state index in [1.54, 1.807) is 36.4 Å². The van der Waals surface area contributed by atoms with E-state index in [1.165, 1.54) is 0 Å². The first kappa shape index (κ1) is 21.8. The van der Waals surface area contributed by atoms with Crippen molar-refractivity contribution < 1.29 is 14.3 Å². The van der Waals surface area contributed by atoms with Gasteiger partial charge in [0.1, 0.15) is 5.75 Å². The molecule has 0 radical (unpaired) electrons. The maximum atomic E-state index is 12.3. The molecular formula is C20H22BrN3O3S. The largest absolute Gasteiger partial charge is 0.491 e. The van der Waals surface area contributed by atoms with E-state index in [-0.39, 0.29) is 17.1 Å². The van der Waals surface area contributed by atoms with Gasteiger partial charge in [-0.2, -0.15) is 0 Å². The van der Waals surface area contributed by atoms with Crippen LogP contribution in [0.3, 0.4) is 0 Å². The Kier molecular flexibility index (Phi) is 7.95. The van der Waals surface area contributed by atoms with Crippen LogP contribution < -0.4 is 20.9 Å². The molecule has 0 saturated heterocycles. The zero-order chi connectivity index (χ0) is 20.7. The zero-order valence-electron chi connectivity index (χ0n) is 15.8. The van der Waals surface area contributed by atoms with Gasteiger partial charge in [-0.15, -0.1) is 0 Å². The molecule has 0 heterocycles. The molecule has 3 N–H and O–H groups in total. The summed E-state index contributed by atoms with van der Waals surface area (Å²) < 4.78 is 6.55. The van der Waals surface area contributed by atoms with E-state index in [0.717, 1.165) is 16.5 Å². The van der Waals surface area contributed by atoms with Crippen molar-refractivity contribution in [3.8, 4) is 5.75 Å². The number of hydrazine groups is 1. The van der Waals surface area contributed by atoms with Gasteiger partial charge < -0.3 is 4.74 Å². The van der Waals surface area contributed by atoms with E-state index in [2.05, 4.69) is 32.1 Å². The number of hydrogen-bond acceptors (Lipinski definition) is 4. The van der Waals surface area contributed by atoms with Crippen LogP contribution in [0.2, 0.25) is 0 Å². The number of halogens is 1. The number of aryl methyl sites for hydroxylation is 1. The standard InChI is InChI=1S/C20H22BrN3O3S/c1-4-13(3)27-16-7-5-6-14(10-16)18(25)22-20(28)24-23-19(26)15-9-8-12(2)17(21)11-15/h5-11,13H,4H2,1-3H3,(H,23,26)(H2,22,24,25,28). The summed E-state index contributed by atoms with van der Waals surface area (Å²) in [4.78, 5) is 24.5.